The summed E-state index contributed by atoms with van der Waals surface area (Å²) in [6.45, 7) is 0. The summed E-state index contributed by atoms with van der Waals surface area (Å²) in [6, 6.07) is 0. The van der Waals surface area contributed by atoms with Gasteiger partial charge < -0.3 is 0 Å². The van der Waals surface area contributed by atoms with Gasteiger partial charge in [-0.25, -0.2) is 4.90 Å². The second-order valence-electron chi connectivity index (χ2n) is 0.835. The Morgan fingerprint density at radius 3 is 1.14 bits per heavy atom. The fraction of sp³-hybridized carbons (Fsp3) is 0. The molecule has 0 fully saturated rings. The fourth-order valence-corrected chi connectivity index (χ4v) is 1.01. The minimum absolute atomic E-state index is 1.71. The molecule has 0 unspecified atom stereocenters. The van der Waals surface area contributed by atoms with E-state index in [2.05, 4.69) is 26.6 Å². The number of nitrogens with zero attached hydrogens (tertiary/aromatic N) is 1. The molecule has 0 aliphatic carbocycles. The maximum absolute atomic E-state index is 3.16. The molecule has 0 saturated carbocycles. The number of hydrogen-bond acceptors (Lipinski definition) is 0. The summed E-state index contributed by atoms with van der Waals surface area (Å²) in [4.78, 5) is 1.74. The molecule has 0 amide bonds. The molecule has 0 radical (unpaired) electrons. The lowest BCUT2D eigenvalue weighted by molar-refractivity contribution is 1.06. The Morgan fingerprint density at radius 2 is 1.14 bits per heavy atom. The van der Waals surface area contributed by atoms with Crippen LogP contribution in [0.5, 0.6) is 0 Å². The highest BCUT2D eigenvalue weighted by Gasteiger charge is 1.78. The predicted molar refractivity (Wildman–Crippen MR) is 45.0 cm³/mol. The van der Waals surface area contributed by atoms with Crippen LogP contribution in [0, 0.1) is 0 Å². The highest BCUT2D eigenvalue weighted by atomic mass is 31.0. The van der Waals surface area contributed by atoms with E-state index < -0.39 is 0 Å². The van der Waals surface area contributed by atoms with Crippen molar-refractivity contribution in [1.82, 2.24) is 4.90 Å². The van der Waals surface area contributed by atoms with Crippen molar-refractivity contribution in [3.8, 4) is 0 Å². The first-order valence-corrected chi connectivity index (χ1v) is 3.37. The van der Waals surface area contributed by atoms with Crippen LogP contribution in [0.2, 0.25) is 0 Å². The van der Waals surface area contributed by atoms with Crippen LogP contribution in [-0.4, -0.2) is 22.7 Å². The van der Waals surface area contributed by atoms with Crippen LogP contribution < -0.4 is 0 Å². The molecule has 0 aliphatic rings. The summed E-state index contributed by atoms with van der Waals surface area (Å²) in [5, 5.41) is 0. The zero-order valence-corrected chi connectivity index (χ0v) is 6.68. The summed E-state index contributed by atoms with van der Waals surface area (Å²) in [7, 11) is 9.47. The summed E-state index contributed by atoms with van der Waals surface area (Å²) in [5.74, 6) is 5.12. The lowest BCUT2D eigenvalue weighted by Gasteiger charge is -1.97. The maximum atomic E-state index is 3.16. The van der Waals surface area contributed by atoms with Crippen LogP contribution in [0.15, 0.2) is 0 Å². The van der Waals surface area contributed by atoms with Crippen molar-refractivity contribution in [3.63, 3.8) is 0 Å². The van der Waals surface area contributed by atoms with E-state index in [9.17, 15) is 0 Å². The lowest BCUT2D eigenvalue weighted by Crippen LogP contribution is -2.11. The van der Waals surface area contributed by atoms with Gasteiger partial charge >= 0.3 is 0 Å². The molecule has 0 bridgehead atoms. The van der Waals surface area contributed by atoms with Crippen molar-refractivity contribution in [2.24, 2.45) is 0 Å². The van der Waals surface area contributed by atoms with E-state index in [1.165, 1.54) is 0 Å². The van der Waals surface area contributed by atoms with Crippen molar-refractivity contribution in [3.05, 3.63) is 0 Å². The molecule has 0 aromatic carbocycles. The smallest absolute Gasteiger partial charge is 0.00945 e. The van der Waals surface area contributed by atoms with Gasteiger partial charge in [0.1, 0.15) is 0 Å². The van der Waals surface area contributed by atoms with Gasteiger partial charge in [0.05, 0.1) is 0 Å². The molecule has 0 aliphatic heterocycles. The quantitative estimate of drug-likeness (QED) is 0.541. The third kappa shape index (κ3) is 3.09. The van der Waals surface area contributed by atoms with Crippen molar-refractivity contribution < 1.29 is 0 Å². The van der Waals surface area contributed by atoms with E-state index in [0.717, 1.165) is 0 Å². The van der Waals surface area contributed by atoms with Crippen LogP contribution in [0.4, 0.5) is 0 Å². The minimum atomic E-state index is 1.71. The Morgan fingerprint density at radius 1 is 0.857 bits per heavy atom. The second kappa shape index (κ2) is 4.62. The molecule has 0 atom stereocenters. The summed E-state index contributed by atoms with van der Waals surface area (Å²) < 4.78 is 0. The SMILES string of the molecule is P=CN(C=P)C=P. The van der Waals surface area contributed by atoms with Crippen LogP contribution in [0.1, 0.15) is 0 Å². The zero-order valence-electron chi connectivity index (χ0n) is 3.68. The maximum Gasteiger partial charge on any atom is 0.00945 e. The van der Waals surface area contributed by atoms with Gasteiger partial charge in [-0.1, -0.05) is 0 Å². The topological polar surface area (TPSA) is 3.24 Å². The molecule has 0 rings (SSSR count). The van der Waals surface area contributed by atoms with Crippen molar-refractivity contribution in [2.75, 3.05) is 0 Å². The molecule has 7 heavy (non-hydrogen) atoms. The molecule has 0 spiro atoms. The third-order valence-electron chi connectivity index (χ3n) is 0.447. The number of hydrogen-bond donors (Lipinski definition) is 0. The molecular formula is C3H6NP3. The van der Waals surface area contributed by atoms with Crippen molar-refractivity contribution >= 4 is 44.4 Å². The van der Waals surface area contributed by atoms with E-state index in [-0.39, 0.29) is 0 Å². The normalized spacial score (nSPS) is 8.14. The standard InChI is InChI=1S/C3H6NP3/c5-1-4(2-6)3-7/h1-3,5-7H. The summed E-state index contributed by atoms with van der Waals surface area (Å²) in [6.07, 6.45) is 0. The third-order valence-corrected chi connectivity index (χ3v) is 1.34. The second-order valence-corrected chi connectivity index (χ2v) is 1.61. The summed E-state index contributed by atoms with van der Waals surface area (Å²) >= 11 is 0. The molecule has 0 saturated heterocycles. The largest absolute Gasteiger partial charge is 0.223 e. The Hall–Kier alpha value is 0.470. The minimum Gasteiger partial charge on any atom is -0.223 e. The van der Waals surface area contributed by atoms with Gasteiger partial charge in [-0.05, 0) is 0 Å². The molecule has 38 valence electrons. The van der Waals surface area contributed by atoms with Gasteiger partial charge in [-0.2, -0.15) is 0 Å². The average Bonchev–Trinajstić information content (AvgIpc) is 1.72. The van der Waals surface area contributed by atoms with Gasteiger partial charge in [0, 0.05) is 17.8 Å². The first-order valence-electron chi connectivity index (χ1n) is 1.64. The lowest BCUT2D eigenvalue weighted by atomic mass is 11.0. The first-order chi connectivity index (χ1) is 3.35. The van der Waals surface area contributed by atoms with Crippen molar-refractivity contribution in [1.29, 1.82) is 0 Å². The Bertz CT molecular complexity index is 71.2. The van der Waals surface area contributed by atoms with E-state index in [1.54, 1.807) is 22.7 Å². The van der Waals surface area contributed by atoms with Gasteiger partial charge in [-0.3, -0.25) is 0 Å². The molecule has 1 nitrogen and oxygen atoms in total. The number of rotatable bonds is 3. The average molecular weight is 149 g/mol. The highest BCUT2D eigenvalue weighted by Crippen LogP contribution is 1.75. The highest BCUT2D eigenvalue weighted by molar-refractivity contribution is 7.23. The first kappa shape index (κ1) is 7.47. The van der Waals surface area contributed by atoms with Crippen LogP contribution in [0.25, 0.3) is 0 Å². The molecule has 0 aromatic rings. The monoisotopic (exact) mass is 149 g/mol. The van der Waals surface area contributed by atoms with Gasteiger partial charge in [0.15, 0.2) is 0 Å². The van der Waals surface area contributed by atoms with E-state index >= 15 is 0 Å². The Kier molecular flexibility index (Phi) is 4.94. The van der Waals surface area contributed by atoms with Gasteiger partial charge in [-0.15, -0.1) is 26.6 Å². The predicted octanol–water partition coefficient (Wildman–Crippen LogP) is 0.996. The van der Waals surface area contributed by atoms with Gasteiger partial charge in [0.2, 0.25) is 0 Å². The zero-order chi connectivity index (χ0) is 5.70. The van der Waals surface area contributed by atoms with Crippen LogP contribution >= 0.6 is 26.6 Å². The van der Waals surface area contributed by atoms with E-state index in [0.29, 0.717) is 0 Å². The molecular weight excluding hydrogens is 143 g/mol. The molecule has 0 heterocycles. The van der Waals surface area contributed by atoms with Crippen LogP contribution in [0.3, 0.4) is 0 Å². The Labute approximate surface area is 50.0 Å². The van der Waals surface area contributed by atoms with Gasteiger partial charge in [0.25, 0.3) is 0 Å². The summed E-state index contributed by atoms with van der Waals surface area (Å²) in [5.41, 5.74) is 0. The molecule has 4 heteroatoms. The Balaban J connectivity index is 3.57. The van der Waals surface area contributed by atoms with E-state index in [1.807, 2.05) is 0 Å². The van der Waals surface area contributed by atoms with Crippen molar-refractivity contribution in [2.45, 2.75) is 0 Å². The fourth-order valence-electron chi connectivity index (χ4n) is 0.112. The van der Waals surface area contributed by atoms with Crippen LogP contribution in [-0.2, 0) is 0 Å². The molecule has 0 aromatic heterocycles. The molecule has 0 N–H and O–H groups in total. The van der Waals surface area contributed by atoms with E-state index in [4.69, 9.17) is 0 Å².